The third-order valence-corrected chi connectivity index (χ3v) is 4.42. The molecule has 1 aliphatic rings. The van der Waals surface area contributed by atoms with Crippen molar-refractivity contribution in [2.75, 3.05) is 13.1 Å². The van der Waals surface area contributed by atoms with Gasteiger partial charge in [0.25, 0.3) is 0 Å². The van der Waals surface area contributed by atoms with E-state index in [1.165, 1.54) is 6.92 Å². The van der Waals surface area contributed by atoms with Crippen LogP contribution in [-0.4, -0.2) is 46.9 Å². The maximum atomic E-state index is 12.3. The zero-order valence-corrected chi connectivity index (χ0v) is 13.9. The standard InChI is InChI=1S/C18H24N2O4/c1-13(18(23)24)19-17(22)15-9-11-20(12-10-15)16(21)8-7-14-5-3-2-4-6-14/h2-6,13,15H,7-12H2,1H3,(H,19,22)(H,23,24)/t13-/m0/s1. The molecule has 1 atom stereocenters. The molecule has 0 bridgehead atoms. The quantitative estimate of drug-likeness (QED) is 0.825. The Labute approximate surface area is 141 Å². The van der Waals surface area contributed by atoms with E-state index in [2.05, 4.69) is 5.32 Å². The number of aryl methyl sites for hydroxylation is 1. The molecule has 0 saturated carbocycles. The van der Waals surface area contributed by atoms with Gasteiger partial charge < -0.3 is 15.3 Å². The predicted molar refractivity (Wildman–Crippen MR) is 89.3 cm³/mol. The largest absolute Gasteiger partial charge is 0.480 e. The number of aliphatic carboxylic acids is 1. The summed E-state index contributed by atoms with van der Waals surface area (Å²) in [7, 11) is 0. The van der Waals surface area contributed by atoms with Crippen LogP contribution in [0.5, 0.6) is 0 Å². The summed E-state index contributed by atoms with van der Waals surface area (Å²) in [5.41, 5.74) is 1.14. The third kappa shape index (κ3) is 5.08. The van der Waals surface area contributed by atoms with Gasteiger partial charge in [0.1, 0.15) is 6.04 Å². The molecule has 1 aliphatic heterocycles. The van der Waals surface area contributed by atoms with Gasteiger partial charge in [0.05, 0.1) is 0 Å². The number of likely N-dealkylation sites (tertiary alicyclic amines) is 1. The second-order valence-electron chi connectivity index (χ2n) is 6.21. The Balaban J connectivity index is 1.74. The summed E-state index contributed by atoms with van der Waals surface area (Å²) in [6, 6.07) is 9.00. The Morgan fingerprint density at radius 2 is 1.83 bits per heavy atom. The molecule has 2 N–H and O–H groups in total. The van der Waals surface area contributed by atoms with Crippen molar-refractivity contribution in [3.8, 4) is 0 Å². The van der Waals surface area contributed by atoms with Crippen LogP contribution in [0.3, 0.4) is 0 Å². The van der Waals surface area contributed by atoms with Crippen LogP contribution in [0.2, 0.25) is 0 Å². The zero-order valence-electron chi connectivity index (χ0n) is 13.9. The number of hydrogen-bond donors (Lipinski definition) is 2. The van der Waals surface area contributed by atoms with E-state index >= 15 is 0 Å². The molecule has 1 aromatic rings. The average molecular weight is 332 g/mol. The summed E-state index contributed by atoms with van der Waals surface area (Å²) in [5, 5.41) is 11.3. The van der Waals surface area contributed by atoms with Gasteiger partial charge in [-0.15, -0.1) is 0 Å². The molecule has 0 aliphatic carbocycles. The fraction of sp³-hybridized carbons (Fsp3) is 0.500. The number of amides is 2. The second kappa shape index (κ2) is 8.47. The minimum Gasteiger partial charge on any atom is -0.480 e. The predicted octanol–water partition coefficient (Wildman–Crippen LogP) is 1.45. The molecule has 1 fully saturated rings. The van der Waals surface area contributed by atoms with Crippen LogP contribution in [0, 0.1) is 5.92 Å². The smallest absolute Gasteiger partial charge is 0.325 e. The molecule has 1 aromatic carbocycles. The van der Waals surface area contributed by atoms with E-state index in [0.717, 1.165) is 12.0 Å². The minimum atomic E-state index is -1.04. The number of carbonyl (C=O) groups excluding carboxylic acids is 2. The van der Waals surface area contributed by atoms with Crippen molar-refractivity contribution in [2.45, 2.75) is 38.6 Å². The normalized spacial score (nSPS) is 16.5. The lowest BCUT2D eigenvalue weighted by molar-refractivity contribution is -0.142. The molecule has 2 amide bonds. The number of rotatable bonds is 6. The molecule has 0 radical (unpaired) electrons. The molecule has 1 saturated heterocycles. The number of nitrogens with zero attached hydrogens (tertiary/aromatic N) is 1. The molecule has 1 heterocycles. The van der Waals surface area contributed by atoms with Gasteiger partial charge in [0.15, 0.2) is 0 Å². The Kier molecular flexibility index (Phi) is 6.35. The number of carboxylic acid groups (broad SMARTS) is 1. The van der Waals surface area contributed by atoms with E-state index in [1.807, 2.05) is 30.3 Å². The van der Waals surface area contributed by atoms with E-state index in [0.29, 0.717) is 32.4 Å². The SMILES string of the molecule is C[C@H](NC(=O)C1CCN(C(=O)CCc2ccccc2)CC1)C(=O)O. The fourth-order valence-corrected chi connectivity index (χ4v) is 2.84. The second-order valence-corrected chi connectivity index (χ2v) is 6.21. The first kappa shape index (κ1) is 18.0. The van der Waals surface area contributed by atoms with E-state index < -0.39 is 12.0 Å². The molecule has 6 heteroatoms. The molecular weight excluding hydrogens is 308 g/mol. The van der Waals surface area contributed by atoms with Gasteiger partial charge in [-0.05, 0) is 31.7 Å². The van der Waals surface area contributed by atoms with Crippen molar-refractivity contribution in [1.82, 2.24) is 10.2 Å². The van der Waals surface area contributed by atoms with Crippen LogP contribution in [0.1, 0.15) is 31.7 Å². The minimum absolute atomic E-state index is 0.108. The maximum Gasteiger partial charge on any atom is 0.325 e. The van der Waals surface area contributed by atoms with Crippen LogP contribution in [-0.2, 0) is 20.8 Å². The number of nitrogens with one attached hydrogen (secondary N) is 1. The lowest BCUT2D eigenvalue weighted by Crippen LogP contribution is -2.46. The highest BCUT2D eigenvalue weighted by Crippen LogP contribution is 2.18. The lowest BCUT2D eigenvalue weighted by atomic mass is 9.95. The van der Waals surface area contributed by atoms with E-state index in [9.17, 15) is 14.4 Å². The van der Waals surface area contributed by atoms with Crippen molar-refractivity contribution in [1.29, 1.82) is 0 Å². The van der Waals surface area contributed by atoms with E-state index in [4.69, 9.17) is 5.11 Å². The molecule has 0 spiro atoms. The summed E-state index contributed by atoms with van der Waals surface area (Å²) in [6.07, 6.45) is 2.34. The average Bonchev–Trinajstić information content (AvgIpc) is 2.60. The molecule has 130 valence electrons. The molecule has 24 heavy (non-hydrogen) atoms. The highest BCUT2D eigenvalue weighted by molar-refractivity contribution is 5.85. The van der Waals surface area contributed by atoms with Gasteiger partial charge in [0, 0.05) is 25.4 Å². The van der Waals surface area contributed by atoms with Gasteiger partial charge in [-0.1, -0.05) is 30.3 Å². The molecule has 2 rings (SSSR count). The zero-order chi connectivity index (χ0) is 17.5. The summed E-state index contributed by atoms with van der Waals surface area (Å²) < 4.78 is 0. The van der Waals surface area contributed by atoms with Crippen LogP contribution < -0.4 is 5.32 Å². The summed E-state index contributed by atoms with van der Waals surface area (Å²) in [4.78, 5) is 36.9. The molecule has 0 aromatic heterocycles. The van der Waals surface area contributed by atoms with Crippen molar-refractivity contribution in [3.05, 3.63) is 35.9 Å². The Bertz CT molecular complexity index is 580. The van der Waals surface area contributed by atoms with Gasteiger partial charge in [-0.2, -0.15) is 0 Å². The number of hydrogen-bond acceptors (Lipinski definition) is 3. The van der Waals surface area contributed by atoms with Gasteiger partial charge in [0.2, 0.25) is 11.8 Å². The van der Waals surface area contributed by atoms with Crippen molar-refractivity contribution < 1.29 is 19.5 Å². The summed E-state index contributed by atoms with van der Waals surface area (Å²) in [6.45, 7) is 2.54. The summed E-state index contributed by atoms with van der Waals surface area (Å²) >= 11 is 0. The van der Waals surface area contributed by atoms with E-state index in [-0.39, 0.29) is 17.7 Å². The Morgan fingerprint density at radius 3 is 2.42 bits per heavy atom. The van der Waals surface area contributed by atoms with Crippen LogP contribution in [0.15, 0.2) is 30.3 Å². The van der Waals surface area contributed by atoms with Gasteiger partial charge >= 0.3 is 5.97 Å². The number of piperidine rings is 1. The number of carboxylic acids is 1. The fourth-order valence-electron chi connectivity index (χ4n) is 2.84. The lowest BCUT2D eigenvalue weighted by Gasteiger charge is -2.31. The summed E-state index contributed by atoms with van der Waals surface area (Å²) in [5.74, 6) is -1.39. The monoisotopic (exact) mass is 332 g/mol. The first-order valence-corrected chi connectivity index (χ1v) is 8.32. The van der Waals surface area contributed by atoms with Gasteiger partial charge in [-0.25, -0.2) is 0 Å². The highest BCUT2D eigenvalue weighted by atomic mass is 16.4. The topological polar surface area (TPSA) is 86.7 Å². The molecular formula is C18H24N2O4. The number of carbonyl (C=O) groups is 3. The number of benzene rings is 1. The van der Waals surface area contributed by atoms with Crippen molar-refractivity contribution in [3.63, 3.8) is 0 Å². The van der Waals surface area contributed by atoms with Crippen molar-refractivity contribution >= 4 is 17.8 Å². The first-order valence-electron chi connectivity index (χ1n) is 8.32. The highest BCUT2D eigenvalue weighted by Gasteiger charge is 2.28. The molecule has 0 unspecified atom stereocenters. The Hall–Kier alpha value is -2.37. The maximum absolute atomic E-state index is 12.3. The van der Waals surface area contributed by atoms with Gasteiger partial charge in [-0.3, -0.25) is 14.4 Å². The third-order valence-electron chi connectivity index (χ3n) is 4.42. The van der Waals surface area contributed by atoms with Crippen LogP contribution in [0.4, 0.5) is 0 Å². The van der Waals surface area contributed by atoms with E-state index in [1.54, 1.807) is 4.90 Å². The Morgan fingerprint density at radius 1 is 1.21 bits per heavy atom. The first-order chi connectivity index (χ1) is 11.5. The molecule has 6 nitrogen and oxygen atoms in total. The van der Waals surface area contributed by atoms with Crippen LogP contribution >= 0.6 is 0 Å². The van der Waals surface area contributed by atoms with Crippen LogP contribution in [0.25, 0.3) is 0 Å². The van der Waals surface area contributed by atoms with Crippen molar-refractivity contribution in [2.24, 2.45) is 5.92 Å².